The monoisotopic (exact) mass is 371 g/mol. The van der Waals surface area contributed by atoms with E-state index in [-0.39, 0.29) is 6.04 Å². The molecule has 1 aliphatic rings. The fourth-order valence-corrected chi connectivity index (χ4v) is 2.78. The summed E-state index contributed by atoms with van der Waals surface area (Å²) in [6.07, 6.45) is -3.69. The van der Waals surface area contributed by atoms with Gasteiger partial charge in [0.2, 0.25) is 0 Å². The largest absolute Gasteiger partial charge is 0.489 e. The molecule has 1 heterocycles. The molecule has 1 aliphatic heterocycles. The lowest BCUT2D eigenvalue weighted by atomic mass is 10.0. The summed E-state index contributed by atoms with van der Waals surface area (Å²) in [6, 6.07) is 11.0. The molecule has 22 heavy (non-hydrogen) atoms. The first kappa shape index (κ1) is 15.2. The van der Waals surface area contributed by atoms with E-state index in [2.05, 4.69) is 21.2 Å². The predicted octanol–water partition coefficient (Wildman–Crippen LogP) is 4.88. The van der Waals surface area contributed by atoms with Gasteiger partial charge >= 0.3 is 6.18 Å². The van der Waals surface area contributed by atoms with Crippen LogP contribution >= 0.6 is 15.9 Å². The van der Waals surface area contributed by atoms with Crippen LogP contribution in [0.3, 0.4) is 0 Å². The number of hydrogen-bond donors (Lipinski definition) is 1. The number of fused-ring (bicyclic) bond motifs is 1. The van der Waals surface area contributed by atoms with Crippen molar-refractivity contribution < 1.29 is 17.9 Å². The van der Waals surface area contributed by atoms with Gasteiger partial charge in [0.15, 0.2) is 0 Å². The third-order valence-corrected chi connectivity index (χ3v) is 4.00. The minimum Gasteiger partial charge on any atom is -0.489 e. The zero-order valence-electron chi connectivity index (χ0n) is 11.5. The molecule has 1 atom stereocenters. The van der Waals surface area contributed by atoms with Crippen LogP contribution in [0.4, 0.5) is 18.9 Å². The molecule has 0 aromatic heterocycles. The molecule has 2 aromatic carbocycles. The van der Waals surface area contributed by atoms with Crippen LogP contribution in [0.1, 0.15) is 11.1 Å². The van der Waals surface area contributed by atoms with E-state index in [1.807, 2.05) is 18.2 Å². The highest BCUT2D eigenvalue weighted by molar-refractivity contribution is 9.10. The first-order valence-electron chi connectivity index (χ1n) is 6.77. The third-order valence-electron chi connectivity index (χ3n) is 3.50. The Morgan fingerprint density at radius 2 is 1.86 bits per heavy atom. The fraction of sp³-hybridized carbons (Fsp3) is 0.250. The Bertz CT molecular complexity index is 670. The number of alkyl halides is 3. The average molecular weight is 372 g/mol. The van der Waals surface area contributed by atoms with Gasteiger partial charge in [-0.15, -0.1) is 0 Å². The van der Waals surface area contributed by atoms with Gasteiger partial charge in [0.25, 0.3) is 0 Å². The topological polar surface area (TPSA) is 21.3 Å². The van der Waals surface area contributed by atoms with Crippen LogP contribution < -0.4 is 10.1 Å². The highest BCUT2D eigenvalue weighted by Gasteiger charge is 2.30. The quantitative estimate of drug-likeness (QED) is 0.811. The zero-order valence-corrected chi connectivity index (χ0v) is 13.0. The van der Waals surface area contributed by atoms with E-state index < -0.39 is 11.7 Å². The molecule has 6 heteroatoms. The van der Waals surface area contributed by atoms with E-state index >= 15 is 0 Å². The standard InChI is InChI=1S/C16H13BrF3NO/c17-12-5-6-15-14(8-12)21-13(9-22-15)7-10-1-3-11(4-2-10)16(18,19)20/h1-6,8,13,21H,7,9H2/t13-/m1/s1. The minimum absolute atomic E-state index is 0.0264. The number of benzene rings is 2. The molecule has 0 aliphatic carbocycles. The molecule has 116 valence electrons. The van der Waals surface area contributed by atoms with Crippen molar-refractivity contribution in [3.63, 3.8) is 0 Å². The van der Waals surface area contributed by atoms with Gasteiger partial charge in [0.1, 0.15) is 12.4 Å². The van der Waals surface area contributed by atoms with Gasteiger partial charge in [0, 0.05) is 4.47 Å². The van der Waals surface area contributed by atoms with Gasteiger partial charge in [-0.25, -0.2) is 0 Å². The lowest BCUT2D eigenvalue weighted by Crippen LogP contribution is -2.33. The second kappa shape index (κ2) is 5.83. The fourth-order valence-electron chi connectivity index (χ4n) is 2.42. The molecular formula is C16H13BrF3NO. The third kappa shape index (κ3) is 3.38. The zero-order chi connectivity index (χ0) is 15.7. The number of ether oxygens (including phenoxy) is 1. The summed E-state index contributed by atoms with van der Waals surface area (Å²) < 4.78 is 44.3. The molecule has 0 bridgehead atoms. The summed E-state index contributed by atoms with van der Waals surface area (Å²) in [5.74, 6) is 0.784. The van der Waals surface area contributed by atoms with Crippen LogP contribution in [0.15, 0.2) is 46.9 Å². The van der Waals surface area contributed by atoms with Crippen molar-refractivity contribution in [3.05, 3.63) is 58.1 Å². The second-order valence-corrected chi connectivity index (χ2v) is 6.11. The highest BCUT2D eigenvalue weighted by Crippen LogP contribution is 2.33. The van der Waals surface area contributed by atoms with E-state index in [0.717, 1.165) is 33.6 Å². The molecule has 0 unspecified atom stereocenters. The first-order chi connectivity index (χ1) is 10.4. The highest BCUT2D eigenvalue weighted by atomic mass is 79.9. The molecule has 2 aromatic rings. The van der Waals surface area contributed by atoms with E-state index in [1.165, 1.54) is 12.1 Å². The lowest BCUT2D eigenvalue weighted by molar-refractivity contribution is -0.137. The molecule has 2 nitrogen and oxygen atoms in total. The Balaban J connectivity index is 1.69. The van der Waals surface area contributed by atoms with Crippen molar-refractivity contribution in [3.8, 4) is 5.75 Å². The van der Waals surface area contributed by atoms with Gasteiger partial charge in [-0.3, -0.25) is 0 Å². The smallest absolute Gasteiger partial charge is 0.416 e. The van der Waals surface area contributed by atoms with Gasteiger partial charge in [0.05, 0.1) is 17.3 Å². The van der Waals surface area contributed by atoms with Crippen molar-refractivity contribution in [1.82, 2.24) is 0 Å². The van der Waals surface area contributed by atoms with Crippen molar-refractivity contribution in [2.24, 2.45) is 0 Å². The van der Waals surface area contributed by atoms with Crippen molar-refractivity contribution in [1.29, 1.82) is 0 Å². The first-order valence-corrected chi connectivity index (χ1v) is 7.56. The van der Waals surface area contributed by atoms with Crippen LogP contribution in [-0.4, -0.2) is 12.6 Å². The molecule has 0 spiro atoms. The van der Waals surface area contributed by atoms with Crippen molar-refractivity contribution in [2.45, 2.75) is 18.6 Å². The number of anilines is 1. The molecule has 0 radical (unpaired) electrons. The summed E-state index contributed by atoms with van der Waals surface area (Å²) in [6.45, 7) is 0.482. The van der Waals surface area contributed by atoms with Crippen molar-refractivity contribution >= 4 is 21.6 Å². The maximum Gasteiger partial charge on any atom is 0.416 e. The van der Waals surface area contributed by atoms with Crippen LogP contribution in [0.2, 0.25) is 0 Å². The summed E-state index contributed by atoms with van der Waals surface area (Å²) in [7, 11) is 0. The van der Waals surface area contributed by atoms with Crippen molar-refractivity contribution in [2.75, 3.05) is 11.9 Å². The number of halogens is 4. The molecule has 0 saturated carbocycles. The van der Waals surface area contributed by atoms with Crippen LogP contribution in [0.25, 0.3) is 0 Å². The molecular weight excluding hydrogens is 359 g/mol. The summed E-state index contributed by atoms with van der Waals surface area (Å²) in [5.41, 5.74) is 1.10. The maximum atomic E-state index is 12.5. The van der Waals surface area contributed by atoms with Gasteiger partial charge in [-0.2, -0.15) is 13.2 Å². The Kier molecular flexibility index (Phi) is 4.04. The SMILES string of the molecule is FC(F)(F)c1ccc(C[C@@H]2COc3ccc(Br)cc3N2)cc1. The van der Waals surface area contributed by atoms with E-state index in [4.69, 9.17) is 4.74 Å². The number of rotatable bonds is 2. The van der Waals surface area contributed by atoms with Gasteiger partial charge in [-0.1, -0.05) is 28.1 Å². The normalized spacial score (nSPS) is 17.4. The summed E-state index contributed by atoms with van der Waals surface area (Å²) in [5, 5.41) is 3.35. The Morgan fingerprint density at radius 1 is 1.14 bits per heavy atom. The van der Waals surface area contributed by atoms with Crippen LogP contribution in [0, 0.1) is 0 Å². The Morgan fingerprint density at radius 3 is 2.55 bits per heavy atom. The minimum atomic E-state index is -4.30. The molecule has 1 N–H and O–H groups in total. The summed E-state index contributed by atoms with van der Waals surface area (Å²) in [4.78, 5) is 0. The molecule has 0 amide bonds. The summed E-state index contributed by atoms with van der Waals surface area (Å²) >= 11 is 3.40. The Hall–Kier alpha value is -1.69. The predicted molar refractivity (Wildman–Crippen MR) is 82.2 cm³/mol. The second-order valence-electron chi connectivity index (χ2n) is 5.19. The Labute approximate surface area is 134 Å². The van der Waals surface area contributed by atoms with E-state index in [0.29, 0.717) is 13.0 Å². The van der Waals surface area contributed by atoms with Gasteiger partial charge < -0.3 is 10.1 Å². The number of nitrogens with one attached hydrogen (secondary N) is 1. The molecule has 0 saturated heterocycles. The maximum absolute atomic E-state index is 12.5. The lowest BCUT2D eigenvalue weighted by Gasteiger charge is -2.27. The van der Waals surface area contributed by atoms with E-state index in [9.17, 15) is 13.2 Å². The molecule has 0 fully saturated rings. The number of hydrogen-bond acceptors (Lipinski definition) is 2. The molecule has 3 rings (SSSR count). The average Bonchev–Trinajstić information content (AvgIpc) is 2.46. The van der Waals surface area contributed by atoms with Crippen LogP contribution in [0.5, 0.6) is 5.75 Å². The van der Waals surface area contributed by atoms with Crippen LogP contribution in [-0.2, 0) is 12.6 Å². The van der Waals surface area contributed by atoms with Gasteiger partial charge in [-0.05, 0) is 42.3 Å². The van der Waals surface area contributed by atoms with E-state index in [1.54, 1.807) is 0 Å².